The molecule has 0 saturated heterocycles. The third-order valence-corrected chi connectivity index (χ3v) is 2.40. The van der Waals surface area contributed by atoms with Gasteiger partial charge in [-0.15, -0.1) is 11.6 Å². The van der Waals surface area contributed by atoms with Gasteiger partial charge >= 0.3 is 0 Å². The van der Waals surface area contributed by atoms with Crippen molar-refractivity contribution in [2.45, 2.75) is 5.88 Å². The minimum absolute atomic E-state index is 0.438. The van der Waals surface area contributed by atoms with E-state index in [4.69, 9.17) is 16.3 Å². The molecule has 0 spiro atoms. The average molecular weight is 208 g/mol. The zero-order chi connectivity index (χ0) is 9.97. The summed E-state index contributed by atoms with van der Waals surface area (Å²) in [5.41, 5.74) is 0.882. The van der Waals surface area contributed by atoms with Crippen LogP contribution in [0.4, 0.5) is 0 Å². The van der Waals surface area contributed by atoms with Crippen LogP contribution in [0.5, 0.6) is 5.75 Å². The Morgan fingerprint density at radius 2 is 2.14 bits per heavy atom. The van der Waals surface area contributed by atoms with Crippen molar-refractivity contribution < 1.29 is 4.74 Å². The van der Waals surface area contributed by atoms with Gasteiger partial charge in [-0.3, -0.25) is 4.98 Å². The first-order chi connectivity index (χ1) is 6.83. The number of hydrogen-bond donors (Lipinski definition) is 0. The Balaban J connectivity index is 2.60. The summed E-state index contributed by atoms with van der Waals surface area (Å²) in [7, 11) is 1.66. The molecule has 0 unspecified atom stereocenters. The topological polar surface area (TPSA) is 22.1 Å². The quantitative estimate of drug-likeness (QED) is 0.707. The van der Waals surface area contributed by atoms with Crippen molar-refractivity contribution in [3.05, 3.63) is 36.2 Å². The lowest BCUT2D eigenvalue weighted by Crippen LogP contribution is -1.86. The van der Waals surface area contributed by atoms with Crippen molar-refractivity contribution in [3.8, 4) is 5.75 Å². The predicted molar refractivity (Wildman–Crippen MR) is 57.9 cm³/mol. The number of rotatable bonds is 2. The minimum atomic E-state index is 0.438. The van der Waals surface area contributed by atoms with E-state index in [1.54, 1.807) is 7.11 Å². The van der Waals surface area contributed by atoms with Crippen LogP contribution in [0.25, 0.3) is 10.8 Å². The van der Waals surface area contributed by atoms with Crippen molar-refractivity contribution in [3.63, 3.8) is 0 Å². The van der Waals surface area contributed by atoms with Gasteiger partial charge in [-0.1, -0.05) is 0 Å². The first kappa shape index (κ1) is 9.28. The highest BCUT2D eigenvalue weighted by Gasteiger charge is 1.98. The summed E-state index contributed by atoms with van der Waals surface area (Å²) >= 11 is 5.71. The van der Waals surface area contributed by atoms with Gasteiger partial charge in [-0.25, -0.2) is 0 Å². The van der Waals surface area contributed by atoms with E-state index in [2.05, 4.69) is 4.98 Å². The van der Waals surface area contributed by atoms with Crippen molar-refractivity contribution in [1.82, 2.24) is 4.98 Å². The summed E-state index contributed by atoms with van der Waals surface area (Å²) in [5, 5.41) is 2.20. The Hall–Kier alpha value is -1.28. The first-order valence-corrected chi connectivity index (χ1v) is 4.85. The largest absolute Gasteiger partial charge is 0.497 e. The molecule has 72 valence electrons. The van der Waals surface area contributed by atoms with Crippen LogP contribution in [-0.4, -0.2) is 12.1 Å². The lowest BCUT2D eigenvalue weighted by atomic mass is 10.1. The summed E-state index contributed by atoms with van der Waals surface area (Å²) in [6, 6.07) is 7.86. The number of halogens is 1. The molecule has 1 heterocycles. The number of hydrogen-bond acceptors (Lipinski definition) is 2. The highest BCUT2D eigenvalue weighted by molar-refractivity contribution is 6.17. The van der Waals surface area contributed by atoms with Gasteiger partial charge in [0.1, 0.15) is 5.75 Å². The van der Waals surface area contributed by atoms with Crippen molar-refractivity contribution in [1.29, 1.82) is 0 Å². The molecular formula is C11H10ClNO. The molecule has 14 heavy (non-hydrogen) atoms. The molecule has 0 aliphatic rings. The zero-order valence-corrected chi connectivity index (χ0v) is 8.58. The second-order valence-corrected chi connectivity index (χ2v) is 3.29. The first-order valence-electron chi connectivity index (χ1n) is 4.32. The number of methoxy groups -OCH3 is 1. The van der Waals surface area contributed by atoms with Crippen LogP contribution >= 0.6 is 11.6 Å². The number of benzene rings is 1. The van der Waals surface area contributed by atoms with Gasteiger partial charge in [0.25, 0.3) is 0 Å². The van der Waals surface area contributed by atoms with E-state index in [1.807, 2.05) is 30.5 Å². The molecule has 0 amide bonds. The lowest BCUT2D eigenvalue weighted by Gasteiger charge is -2.03. The molecule has 1 aromatic heterocycles. The van der Waals surface area contributed by atoms with Crippen LogP contribution in [0.2, 0.25) is 0 Å². The number of ether oxygens (including phenoxy) is 1. The monoisotopic (exact) mass is 207 g/mol. The average Bonchev–Trinajstić information content (AvgIpc) is 2.27. The Morgan fingerprint density at radius 3 is 2.86 bits per heavy atom. The molecule has 0 saturated carbocycles. The molecular weight excluding hydrogens is 198 g/mol. The molecule has 0 aliphatic heterocycles. The molecule has 0 aliphatic carbocycles. The molecule has 2 nitrogen and oxygen atoms in total. The van der Waals surface area contributed by atoms with Gasteiger partial charge < -0.3 is 4.74 Å². The van der Waals surface area contributed by atoms with E-state index in [1.165, 1.54) is 0 Å². The molecule has 2 rings (SSSR count). The standard InChI is InChI=1S/C11H10ClNO/c1-14-11-3-2-8-7-13-10(6-12)4-9(8)5-11/h2-5,7H,6H2,1H3. The Bertz CT molecular complexity index is 417. The molecule has 0 N–H and O–H groups in total. The second kappa shape index (κ2) is 3.84. The van der Waals surface area contributed by atoms with Crippen LogP contribution in [-0.2, 0) is 5.88 Å². The number of pyridine rings is 1. The van der Waals surface area contributed by atoms with Crippen molar-refractivity contribution in [2.24, 2.45) is 0 Å². The van der Waals surface area contributed by atoms with Gasteiger partial charge in [0, 0.05) is 11.6 Å². The maximum Gasteiger partial charge on any atom is 0.119 e. The molecule has 2 aromatic rings. The Kier molecular flexibility index (Phi) is 2.55. The molecule has 0 radical (unpaired) electrons. The number of nitrogens with zero attached hydrogens (tertiary/aromatic N) is 1. The van der Waals surface area contributed by atoms with Crippen LogP contribution in [0.3, 0.4) is 0 Å². The SMILES string of the molecule is COc1ccc2cnc(CCl)cc2c1. The highest BCUT2D eigenvalue weighted by Crippen LogP contribution is 2.20. The molecule has 0 fully saturated rings. The fourth-order valence-electron chi connectivity index (χ4n) is 1.36. The number of alkyl halides is 1. The Morgan fingerprint density at radius 1 is 1.29 bits per heavy atom. The zero-order valence-electron chi connectivity index (χ0n) is 7.83. The van der Waals surface area contributed by atoms with E-state index >= 15 is 0 Å². The molecule has 3 heteroatoms. The summed E-state index contributed by atoms with van der Waals surface area (Å²) in [6.45, 7) is 0. The normalized spacial score (nSPS) is 10.4. The van der Waals surface area contributed by atoms with E-state index in [-0.39, 0.29) is 0 Å². The van der Waals surface area contributed by atoms with Crippen LogP contribution in [0.1, 0.15) is 5.69 Å². The Labute approximate surface area is 87.5 Å². The number of aromatic nitrogens is 1. The summed E-state index contributed by atoms with van der Waals surface area (Å²) in [4.78, 5) is 4.21. The fourth-order valence-corrected chi connectivity index (χ4v) is 1.51. The van der Waals surface area contributed by atoms with Gasteiger partial charge in [-0.2, -0.15) is 0 Å². The van der Waals surface area contributed by atoms with E-state index < -0.39 is 0 Å². The van der Waals surface area contributed by atoms with Crippen LogP contribution in [0.15, 0.2) is 30.5 Å². The number of fused-ring (bicyclic) bond motifs is 1. The lowest BCUT2D eigenvalue weighted by molar-refractivity contribution is 0.415. The molecule has 0 bridgehead atoms. The predicted octanol–water partition coefficient (Wildman–Crippen LogP) is 2.98. The smallest absolute Gasteiger partial charge is 0.119 e. The summed E-state index contributed by atoms with van der Waals surface area (Å²) in [6.07, 6.45) is 1.83. The molecule has 0 atom stereocenters. The maximum atomic E-state index is 5.71. The summed E-state index contributed by atoms with van der Waals surface area (Å²) < 4.78 is 5.14. The van der Waals surface area contributed by atoms with Crippen molar-refractivity contribution >= 4 is 22.4 Å². The van der Waals surface area contributed by atoms with Gasteiger partial charge in [0.2, 0.25) is 0 Å². The highest BCUT2D eigenvalue weighted by atomic mass is 35.5. The van der Waals surface area contributed by atoms with E-state index in [0.717, 1.165) is 22.2 Å². The van der Waals surface area contributed by atoms with Gasteiger partial charge in [0.15, 0.2) is 0 Å². The third kappa shape index (κ3) is 1.66. The van der Waals surface area contributed by atoms with Crippen molar-refractivity contribution in [2.75, 3.05) is 7.11 Å². The van der Waals surface area contributed by atoms with Crippen LogP contribution < -0.4 is 4.74 Å². The fraction of sp³-hybridized carbons (Fsp3) is 0.182. The van der Waals surface area contributed by atoms with Crippen LogP contribution in [0, 0.1) is 0 Å². The third-order valence-electron chi connectivity index (χ3n) is 2.12. The minimum Gasteiger partial charge on any atom is -0.497 e. The maximum absolute atomic E-state index is 5.71. The molecule has 1 aromatic carbocycles. The second-order valence-electron chi connectivity index (χ2n) is 3.02. The summed E-state index contributed by atoms with van der Waals surface area (Å²) in [5.74, 6) is 1.29. The van der Waals surface area contributed by atoms with E-state index in [0.29, 0.717) is 5.88 Å². The van der Waals surface area contributed by atoms with E-state index in [9.17, 15) is 0 Å². The van der Waals surface area contributed by atoms with Gasteiger partial charge in [0.05, 0.1) is 18.7 Å². The van der Waals surface area contributed by atoms with Gasteiger partial charge in [-0.05, 0) is 29.7 Å².